The van der Waals surface area contributed by atoms with Gasteiger partial charge in [0.2, 0.25) is 0 Å². The Kier molecular flexibility index (Phi) is 26.9. The number of unbranched alkanes of at least 4 members (excludes halogenated alkanes) is 22. The van der Waals surface area contributed by atoms with E-state index in [4.69, 9.17) is 0 Å². The maximum absolute atomic E-state index is 10.2. The van der Waals surface area contributed by atoms with Crippen LogP contribution in [0.5, 0.6) is 0 Å². The molecule has 1 nitrogen and oxygen atoms in total. The quantitative estimate of drug-likeness (QED) is 0.0837. The number of aldehydes is 1. The van der Waals surface area contributed by atoms with E-state index in [2.05, 4.69) is 19.1 Å². The minimum Gasteiger partial charge on any atom is -0.303 e. The fourth-order valence-corrected chi connectivity index (χ4v) is 4.07. The van der Waals surface area contributed by atoms with Crippen molar-refractivity contribution in [1.82, 2.24) is 0 Å². The van der Waals surface area contributed by atoms with Crippen LogP contribution in [0.3, 0.4) is 0 Å². The lowest BCUT2D eigenvalue weighted by Gasteiger charge is -2.03. The summed E-state index contributed by atoms with van der Waals surface area (Å²) >= 11 is 0. The molecule has 0 saturated heterocycles. The minimum absolute atomic E-state index is 0.760. The molecule has 172 valence electrons. The van der Waals surface area contributed by atoms with Gasteiger partial charge in [-0.25, -0.2) is 0 Å². The van der Waals surface area contributed by atoms with E-state index < -0.39 is 0 Å². The number of hydrogen-bond acceptors (Lipinski definition) is 1. The average Bonchev–Trinajstić information content (AvgIpc) is 2.74. The van der Waals surface area contributed by atoms with Crippen molar-refractivity contribution in [2.24, 2.45) is 0 Å². The predicted octanol–water partition coefficient (Wildman–Crippen LogP) is 10.1. The molecule has 1 heteroatoms. The van der Waals surface area contributed by atoms with Gasteiger partial charge in [0, 0.05) is 6.42 Å². The maximum Gasteiger partial charge on any atom is 0.119 e. The number of carbonyl (C=O) groups excluding carboxylic acids is 1. The second-order valence-electron chi connectivity index (χ2n) is 9.08. The van der Waals surface area contributed by atoms with Gasteiger partial charge in [0.15, 0.2) is 0 Å². The molecule has 0 aromatic rings. The summed E-state index contributed by atoms with van der Waals surface area (Å²) < 4.78 is 0. The standard InChI is InChI=1S/C28H54O/c1-2-3-4-5-6-7-8-9-10-11-12-13-14-15-16-17-18-19-20-21-22-23-24-25-26-27-28-29/h9-10,28H,2-8,11-27H2,1H3/b10-9+. The van der Waals surface area contributed by atoms with Gasteiger partial charge in [0.1, 0.15) is 6.29 Å². The van der Waals surface area contributed by atoms with Crippen molar-refractivity contribution < 1.29 is 4.79 Å². The monoisotopic (exact) mass is 406 g/mol. The van der Waals surface area contributed by atoms with Gasteiger partial charge in [-0.15, -0.1) is 0 Å². The van der Waals surface area contributed by atoms with Gasteiger partial charge in [-0.05, 0) is 32.1 Å². The third-order valence-electron chi connectivity index (χ3n) is 6.08. The van der Waals surface area contributed by atoms with Crippen molar-refractivity contribution in [3.8, 4) is 0 Å². The Labute approximate surface area is 184 Å². The van der Waals surface area contributed by atoms with Crippen LogP contribution in [0.4, 0.5) is 0 Å². The summed E-state index contributed by atoms with van der Waals surface area (Å²) in [5.41, 5.74) is 0. The fraction of sp³-hybridized carbons (Fsp3) is 0.893. The van der Waals surface area contributed by atoms with Gasteiger partial charge >= 0.3 is 0 Å². The van der Waals surface area contributed by atoms with Crippen LogP contribution in [-0.4, -0.2) is 6.29 Å². The topological polar surface area (TPSA) is 17.1 Å². The summed E-state index contributed by atoms with van der Waals surface area (Å²) in [6, 6.07) is 0. The van der Waals surface area contributed by atoms with Gasteiger partial charge in [-0.2, -0.15) is 0 Å². The van der Waals surface area contributed by atoms with Crippen molar-refractivity contribution in [2.75, 3.05) is 0 Å². The number of allylic oxidation sites excluding steroid dienone is 2. The van der Waals surface area contributed by atoms with Crippen LogP contribution in [0.2, 0.25) is 0 Å². The Morgan fingerprint density at radius 2 is 0.655 bits per heavy atom. The summed E-state index contributed by atoms with van der Waals surface area (Å²) in [6.45, 7) is 2.29. The summed E-state index contributed by atoms with van der Waals surface area (Å²) in [7, 11) is 0. The Bertz CT molecular complexity index is 320. The van der Waals surface area contributed by atoms with Crippen molar-refractivity contribution >= 4 is 6.29 Å². The lowest BCUT2D eigenvalue weighted by molar-refractivity contribution is -0.107. The molecule has 0 N–H and O–H groups in total. The Morgan fingerprint density at radius 3 is 0.966 bits per heavy atom. The zero-order chi connectivity index (χ0) is 21.1. The van der Waals surface area contributed by atoms with Crippen molar-refractivity contribution in [1.29, 1.82) is 0 Å². The molecule has 0 amide bonds. The zero-order valence-corrected chi connectivity index (χ0v) is 20.1. The minimum atomic E-state index is 0.760. The van der Waals surface area contributed by atoms with E-state index in [1.807, 2.05) is 0 Å². The molecule has 0 aromatic carbocycles. The fourth-order valence-electron chi connectivity index (χ4n) is 4.07. The van der Waals surface area contributed by atoms with Crippen LogP contribution in [0.25, 0.3) is 0 Å². The molecule has 0 unspecified atom stereocenters. The Hall–Kier alpha value is -0.590. The summed E-state index contributed by atoms with van der Waals surface area (Å²) in [5.74, 6) is 0. The molecule has 0 aliphatic heterocycles. The Balaban J connectivity index is 3.04. The number of carbonyl (C=O) groups is 1. The van der Waals surface area contributed by atoms with Gasteiger partial charge < -0.3 is 4.79 Å². The first-order valence-corrected chi connectivity index (χ1v) is 13.5. The first-order chi connectivity index (χ1) is 14.4. The third kappa shape index (κ3) is 27.4. The maximum atomic E-state index is 10.2. The SMILES string of the molecule is CCCCCCCC/C=C/CCCCCCCCCCCCCCCCCC=O. The smallest absolute Gasteiger partial charge is 0.119 e. The third-order valence-corrected chi connectivity index (χ3v) is 6.08. The highest BCUT2D eigenvalue weighted by atomic mass is 16.1. The number of hydrogen-bond donors (Lipinski definition) is 0. The highest BCUT2D eigenvalue weighted by molar-refractivity contribution is 5.48. The molecule has 0 aromatic heterocycles. The largest absolute Gasteiger partial charge is 0.303 e. The highest BCUT2D eigenvalue weighted by Gasteiger charge is 1.95. The molecule has 0 aliphatic carbocycles. The summed E-state index contributed by atoms with van der Waals surface area (Å²) in [6.07, 6.45) is 38.5. The zero-order valence-electron chi connectivity index (χ0n) is 20.1. The normalized spacial score (nSPS) is 11.5. The summed E-state index contributed by atoms with van der Waals surface area (Å²) in [5, 5.41) is 0. The van der Waals surface area contributed by atoms with Crippen LogP contribution in [0, 0.1) is 0 Å². The summed E-state index contributed by atoms with van der Waals surface area (Å²) in [4.78, 5) is 10.2. The van der Waals surface area contributed by atoms with Crippen LogP contribution < -0.4 is 0 Å². The van der Waals surface area contributed by atoms with Crippen LogP contribution in [0.15, 0.2) is 12.2 Å². The van der Waals surface area contributed by atoms with Crippen molar-refractivity contribution in [3.05, 3.63) is 12.2 Å². The van der Waals surface area contributed by atoms with E-state index in [0.717, 1.165) is 19.1 Å². The first kappa shape index (κ1) is 28.4. The number of rotatable bonds is 25. The van der Waals surface area contributed by atoms with E-state index >= 15 is 0 Å². The average molecular weight is 407 g/mol. The molecule has 0 saturated carbocycles. The van der Waals surface area contributed by atoms with E-state index in [-0.39, 0.29) is 0 Å². The van der Waals surface area contributed by atoms with E-state index in [1.54, 1.807) is 0 Å². The van der Waals surface area contributed by atoms with E-state index in [0.29, 0.717) is 0 Å². The van der Waals surface area contributed by atoms with Gasteiger partial charge in [-0.3, -0.25) is 0 Å². The van der Waals surface area contributed by atoms with Gasteiger partial charge in [0.25, 0.3) is 0 Å². The first-order valence-electron chi connectivity index (χ1n) is 13.5. The predicted molar refractivity (Wildman–Crippen MR) is 132 cm³/mol. The molecule has 0 heterocycles. The molecule has 0 rings (SSSR count). The molecule has 0 fully saturated rings. The van der Waals surface area contributed by atoms with Gasteiger partial charge in [-0.1, -0.05) is 135 Å². The molecule has 29 heavy (non-hydrogen) atoms. The molecule has 0 bridgehead atoms. The van der Waals surface area contributed by atoms with Crippen molar-refractivity contribution in [3.63, 3.8) is 0 Å². The van der Waals surface area contributed by atoms with Crippen LogP contribution in [-0.2, 0) is 4.79 Å². The molecule has 0 atom stereocenters. The Morgan fingerprint density at radius 1 is 0.379 bits per heavy atom. The van der Waals surface area contributed by atoms with Crippen LogP contribution in [0.1, 0.15) is 161 Å². The second-order valence-corrected chi connectivity index (χ2v) is 9.08. The van der Waals surface area contributed by atoms with E-state index in [1.165, 1.54) is 141 Å². The highest BCUT2D eigenvalue weighted by Crippen LogP contribution is 2.14. The molecular weight excluding hydrogens is 352 g/mol. The van der Waals surface area contributed by atoms with E-state index in [9.17, 15) is 4.79 Å². The van der Waals surface area contributed by atoms with Crippen LogP contribution >= 0.6 is 0 Å². The van der Waals surface area contributed by atoms with Gasteiger partial charge in [0.05, 0.1) is 0 Å². The van der Waals surface area contributed by atoms with Crippen molar-refractivity contribution in [2.45, 2.75) is 161 Å². The lowest BCUT2D eigenvalue weighted by Crippen LogP contribution is -1.84. The molecular formula is C28H54O. The molecule has 0 spiro atoms. The molecule has 0 radical (unpaired) electrons. The molecule has 0 aliphatic rings. The second kappa shape index (κ2) is 27.4. The lowest BCUT2D eigenvalue weighted by atomic mass is 10.0.